The second-order valence-corrected chi connectivity index (χ2v) is 8.43. The molecule has 0 atom stereocenters. The zero-order chi connectivity index (χ0) is 28.0. The van der Waals surface area contributed by atoms with E-state index in [4.69, 9.17) is 9.47 Å². The number of para-hydroxylation sites is 1. The molecule has 0 N–H and O–H groups in total. The lowest BCUT2D eigenvalue weighted by atomic mass is 10.1. The molecule has 200 valence electrons. The Balaban J connectivity index is 1.90. The number of fused-ring (bicyclic) bond motifs is 1. The molecule has 6 nitrogen and oxygen atoms in total. The fourth-order valence-electron chi connectivity index (χ4n) is 4.01. The Labute approximate surface area is 223 Å². The van der Waals surface area contributed by atoms with Crippen molar-refractivity contribution >= 4 is 17.1 Å². The maximum absolute atomic E-state index is 13.5. The Morgan fingerprint density at radius 2 is 1.82 bits per heavy atom. The zero-order valence-corrected chi connectivity index (χ0v) is 21.2. The maximum atomic E-state index is 13.5. The van der Waals surface area contributed by atoms with Gasteiger partial charge in [0.25, 0.3) is 5.56 Å². The van der Waals surface area contributed by atoms with Gasteiger partial charge >= 0.3 is 6.18 Å². The second kappa shape index (κ2) is 11.8. The van der Waals surface area contributed by atoms with Gasteiger partial charge in [0.15, 0.2) is 17.3 Å². The van der Waals surface area contributed by atoms with E-state index in [1.54, 1.807) is 42.5 Å². The topological polar surface area (TPSA) is 65.7 Å². The van der Waals surface area contributed by atoms with Crippen LogP contribution < -0.4 is 15.0 Å². The second-order valence-electron chi connectivity index (χ2n) is 8.43. The molecule has 1 aromatic heterocycles. The number of halogens is 3. The molecule has 0 aliphatic rings. The first-order valence-electron chi connectivity index (χ1n) is 12.1. The maximum Gasteiger partial charge on any atom is 0.416 e. The SMILES string of the molecule is C=CCOc1c(CC=C)cc(C=Nn2c(-c3cccc(C(F)(F)F)c3)nc3ccccc3c2=O)cc1OCC. The van der Waals surface area contributed by atoms with Crippen molar-refractivity contribution in [1.82, 2.24) is 9.66 Å². The molecule has 0 bridgehead atoms. The highest BCUT2D eigenvalue weighted by Gasteiger charge is 2.31. The number of allylic oxidation sites excluding steroid dienone is 1. The predicted octanol–water partition coefficient (Wildman–Crippen LogP) is 6.66. The quantitative estimate of drug-likeness (QED) is 0.169. The summed E-state index contributed by atoms with van der Waals surface area (Å²) in [6.45, 7) is 9.98. The third kappa shape index (κ3) is 6.09. The standard InChI is InChI=1S/C30H26F3N3O3/c1-4-10-21-16-20(17-26(38-6-3)27(21)39-15-5-2)19-34-36-28(22-11-9-12-23(18-22)30(31,32)33)35-25-14-8-7-13-24(25)29(36)37/h4-5,7-9,11-14,16-19H,1-2,6,10,15H2,3H3. The van der Waals surface area contributed by atoms with Crippen LogP contribution >= 0.6 is 0 Å². The molecular formula is C30H26F3N3O3. The fraction of sp³-hybridized carbons (Fsp3) is 0.167. The van der Waals surface area contributed by atoms with Crippen LogP contribution in [-0.4, -0.2) is 29.1 Å². The lowest BCUT2D eigenvalue weighted by molar-refractivity contribution is -0.137. The Morgan fingerprint density at radius 3 is 2.54 bits per heavy atom. The number of ether oxygens (including phenoxy) is 2. The van der Waals surface area contributed by atoms with Gasteiger partial charge in [0, 0.05) is 11.1 Å². The largest absolute Gasteiger partial charge is 0.490 e. The van der Waals surface area contributed by atoms with Crippen molar-refractivity contribution in [2.45, 2.75) is 19.5 Å². The average Bonchev–Trinajstić information content (AvgIpc) is 2.92. The molecule has 0 radical (unpaired) electrons. The van der Waals surface area contributed by atoms with Crippen LogP contribution in [0.5, 0.6) is 11.5 Å². The van der Waals surface area contributed by atoms with Crippen molar-refractivity contribution < 1.29 is 22.6 Å². The highest BCUT2D eigenvalue weighted by Crippen LogP contribution is 2.34. The number of aromatic nitrogens is 2. The highest BCUT2D eigenvalue weighted by atomic mass is 19.4. The molecule has 0 amide bonds. The molecular weight excluding hydrogens is 507 g/mol. The van der Waals surface area contributed by atoms with Crippen LogP contribution in [0.2, 0.25) is 0 Å². The van der Waals surface area contributed by atoms with Gasteiger partial charge in [-0.2, -0.15) is 22.9 Å². The molecule has 4 aromatic rings. The van der Waals surface area contributed by atoms with E-state index in [0.29, 0.717) is 35.6 Å². The molecule has 39 heavy (non-hydrogen) atoms. The van der Waals surface area contributed by atoms with Gasteiger partial charge in [0.2, 0.25) is 0 Å². The number of hydrogen-bond acceptors (Lipinski definition) is 5. The van der Waals surface area contributed by atoms with Crippen LogP contribution in [0, 0.1) is 0 Å². The minimum atomic E-state index is -4.56. The molecule has 0 unspecified atom stereocenters. The first-order chi connectivity index (χ1) is 18.8. The molecule has 0 fully saturated rings. The Morgan fingerprint density at radius 1 is 1.03 bits per heavy atom. The smallest absolute Gasteiger partial charge is 0.416 e. The highest BCUT2D eigenvalue weighted by molar-refractivity contribution is 5.83. The van der Waals surface area contributed by atoms with Gasteiger partial charge in [-0.3, -0.25) is 4.79 Å². The lowest BCUT2D eigenvalue weighted by Gasteiger charge is -2.16. The third-order valence-corrected chi connectivity index (χ3v) is 5.69. The number of nitrogens with zero attached hydrogens (tertiary/aromatic N) is 3. The minimum Gasteiger partial charge on any atom is -0.490 e. The summed E-state index contributed by atoms with van der Waals surface area (Å²) in [5.74, 6) is 0.994. The van der Waals surface area contributed by atoms with Crippen LogP contribution in [-0.2, 0) is 12.6 Å². The Kier molecular flexibility index (Phi) is 8.29. The van der Waals surface area contributed by atoms with Gasteiger partial charge in [0.1, 0.15) is 6.61 Å². The van der Waals surface area contributed by atoms with Crippen LogP contribution in [0.4, 0.5) is 13.2 Å². The van der Waals surface area contributed by atoms with Gasteiger partial charge in [-0.05, 0) is 55.3 Å². The monoisotopic (exact) mass is 533 g/mol. The predicted molar refractivity (Wildman–Crippen MR) is 147 cm³/mol. The first kappa shape index (κ1) is 27.4. The number of benzene rings is 3. The van der Waals surface area contributed by atoms with E-state index in [1.165, 1.54) is 18.3 Å². The normalized spacial score (nSPS) is 11.6. The van der Waals surface area contributed by atoms with E-state index in [0.717, 1.165) is 22.4 Å². The summed E-state index contributed by atoms with van der Waals surface area (Å²) in [6.07, 6.45) is 0.684. The zero-order valence-electron chi connectivity index (χ0n) is 21.2. The fourth-order valence-corrected chi connectivity index (χ4v) is 4.01. The van der Waals surface area contributed by atoms with Crippen LogP contribution in [0.1, 0.15) is 23.6 Å². The summed E-state index contributed by atoms with van der Waals surface area (Å²) >= 11 is 0. The van der Waals surface area contributed by atoms with Gasteiger partial charge in [-0.25, -0.2) is 4.98 Å². The third-order valence-electron chi connectivity index (χ3n) is 5.69. The van der Waals surface area contributed by atoms with Gasteiger partial charge < -0.3 is 9.47 Å². The molecule has 0 saturated carbocycles. The summed E-state index contributed by atoms with van der Waals surface area (Å²) < 4.78 is 53.0. The van der Waals surface area contributed by atoms with E-state index in [2.05, 4.69) is 23.2 Å². The van der Waals surface area contributed by atoms with Crippen molar-refractivity contribution in [1.29, 1.82) is 0 Å². The van der Waals surface area contributed by atoms with Crippen molar-refractivity contribution in [2.75, 3.05) is 13.2 Å². The number of hydrogen-bond donors (Lipinski definition) is 0. The van der Waals surface area contributed by atoms with Crippen molar-refractivity contribution in [3.05, 3.63) is 113 Å². The van der Waals surface area contributed by atoms with E-state index >= 15 is 0 Å². The van der Waals surface area contributed by atoms with E-state index < -0.39 is 17.3 Å². The van der Waals surface area contributed by atoms with Crippen molar-refractivity contribution in [2.24, 2.45) is 5.10 Å². The van der Waals surface area contributed by atoms with Crippen LogP contribution in [0.25, 0.3) is 22.3 Å². The molecule has 0 aliphatic carbocycles. The summed E-state index contributed by atoms with van der Waals surface area (Å²) in [7, 11) is 0. The number of alkyl halides is 3. The van der Waals surface area contributed by atoms with Gasteiger partial charge in [0.05, 0.1) is 29.3 Å². The average molecular weight is 534 g/mol. The lowest BCUT2D eigenvalue weighted by Crippen LogP contribution is -2.20. The molecule has 1 heterocycles. The summed E-state index contributed by atoms with van der Waals surface area (Å²) in [6, 6.07) is 14.8. The van der Waals surface area contributed by atoms with E-state index in [-0.39, 0.29) is 23.4 Å². The first-order valence-corrected chi connectivity index (χ1v) is 12.1. The molecule has 0 spiro atoms. The van der Waals surface area contributed by atoms with Crippen molar-refractivity contribution in [3.8, 4) is 22.9 Å². The van der Waals surface area contributed by atoms with E-state index in [9.17, 15) is 18.0 Å². The molecule has 3 aromatic carbocycles. The Bertz CT molecular complexity index is 1610. The van der Waals surface area contributed by atoms with E-state index in [1.807, 2.05) is 13.0 Å². The Hall–Kier alpha value is -4.66. The number of rotatable bonds is 10. The molecule has 9 heteroatoms. The molecule has 4 rings (SSSR count). The minimum absolute atomic E-state index is 0.0247. The van der Waals surface area contributed by atoms with Gasteiger partial charge in [-0.1, -0.05) is 43.0 Å². The van der Waals surface area contributed by atoms with Crippen molar-refractivity contribution in [3.63, 3.8) is 0 Å². The summed E-state index contributed by atoms with van der Waals surface area (Å²) in [4.78, 5) is 18.0. The molecule has 0 saturated heterocycles. The van der Waals surface area contributed by atoms with Crippen LogP contribution in [0.15, 0.2) is 95.9 Å². The molecule has 0 aliphatic heterocycles. The van der Waals surface area contributed by atoms with Crippen LogP contribution in [0.3, 0.4) is 0 Å². The summed E-state index contributed by atoms with van der Waals surface area (Å²) in [5, 5.41) is 4.66. The van der Waals surface area contributed by atoms with Gasteiger partial charge in [-0.15, -0.1) is 6.58 Å². The summed E-state index contributed by atoms with van der Waals surface area (Å²) in [5.41, 5.74) is 0.421.